The minimum Gasteiger partial charge on any atom is -0.492 e. The second kappa shape index (κ2) is 7.60. The fourth-order valence-corrected chi connectivity index (χ4v) is 2.34. The van der Waals surface area contributed by atoms with Crippen molar-refractivity contribution in [3.05, 3.63) is 82.5 Å². The first-order valence-corrected chi connectivity index (χ1v) is 7.97. The van der Waals surface area contributed by atoms with Crippen LogP contribution >= 0.6 is 0 Å². The number of carbonyl (C=O) groups is 1. The van der Waals surface area contributed by atoms with Gasteiger partial charge in [0.25, 0.3) is 5.91 Å². The molecule has 0 radical (unpaired) electrons. The van der Waals surface area contributed by atoms with Crippen LogP contribution in [-0.4, -0.2) is 22.3 Å². The Morgan fingerprint density at radius 3 is 2.62 bits per heavy atom. The summed E-state index contributed by atoms with van der Waals surface area (Å²) in [6.07, 6.45) is 1.42. The van der Waals surface area contributed by atoms with Gasteiger partial charge in [-0.1, -0.05) is 12.1 Å². The molecule has 7 heteroatoms. The average Bonchev–Trinajstić information content (AvgIpc) is 2.64. The SMILES string of the molecule is CCOc1ccccc1NC(=O)c1nn(-c2ccc(F)cc2)ccc1=O. The number of amides is 1. The first kappa shape index (κ1) is 17.3. The van der Waals surface area contributed by atoms with Crippen molar-refractivity contribution < 1.29 is 13.9 Å². The number of aromatic nitrogens is 2. The highest BCUT2D eigenvalue weighted by molar-refractivity contribution is 6.03. The van der Waals surface area contributed by atoms with E-state index < -0.39 is 11.3 Å². The zero-order valence-electron chi connectivity index (χ0n) is 14.0. The number of nitrogens with zero attached hydrogens (tertiary/aromatic N) is 2. The minimum atomic E-state index is -0.654. The molecule has 0 aliphatic carbocycles. The molecule has 1 aromatic heterocycles. The van der Waals surface area contributed by atoms with Crippen LogP contribution in [0, 0.1) is 5.82 Å². The zero-order valence-corrected chi connectivity index (χ0v) is 14.0. The fourth-order valence-electron chi connectivity index (χ4n) is 2.34. The molecule has 1 amide bonds. The third kappa shape index (κ3) is 3.77. The molecule has 0 aliphatic rings. The number of hydrogen-bond acceptors (Lipinski definition) is 4. The van der Waals surface area contributed by atoms with E-state index in [0.29, 0.717) is 23.7 Å². The molecule has 132 valence electrons. The Morgan fingerprint density at radius 2 is 1.88 bits per heavy atom. The second-order valence-corrected chi connectivity index (χ2v) is 5.33. The van der Waals surface area contributed by atoms with E-state index in [1.807, 2.05) is 6.92 Å². The maximum Gasteiger partial charge on any atom is 0.280 e. The van der Waals surface area contributed by atoms with Crippen LogP contribution < -0.4 is 15.5 Å². The number of nitrogens with one attached hydrogen (secondary N) is 1. The van der Waals surface area contributed by atoms with Crippen LogP contribution in [0.3, 0.4) is 0 Å². The van der Waals surface area contributed by atoms with Gasteiger partial charge in [-0.3, -0.25) is 9.59 Å². The molecule has 0 aliphatic heterocycles. The van der Waals surface area contributed by atoms with Crippen LogP contribution in [0.15, 0.2) is 65.6 Å². The highest BCUT2D eigenvalue weighted by Crippen LogP contribution is 2.23. The predicted octanol–water partition coefficient (Wildman–Crippen LogP) is 3.02. The van der Waals surface area contributed by atoms with Gasteiger partial charge >= 0.3 is 0 Å². The van der Waals surface area contributed by atoms with E-state index in [9.17, 15) is 14.0 Å². The molecule has 6 nitrogen and oxygen atoms in total. The zero-order chi connectivity index (χ0) is 18.5. The van der Waals surface area contributed by atoms with Gasteiger partial charge in [0, 0.05) is 12.3 Å². The molecule has 0 fully saturated rings. The highest BCUT2D eigenvalue weighted by atomic mass is 19.1. The van der Waals surface area contributed by atoms with Crippen molar-refractivity contribution in [3.63, 3.8) is 0 Å². The molecular formula is C19H16FN3O3. The van der Waals surface area contributed by atoms with Crippen LogP contribution in [0.2, 0.25) is 0 Å². The number of ether oxygens (including phenoxy) is 1. The number of para-hydroxylation sites is 2. The van der Waals surface area contributed by atoms with Crippen LogP contribution in [-0.2, 0) is 0 Å². The highest BCUT2D eigenvalue weighted by Gasteiger charge is 2.15. The normalized spacial score (nSPS) is 10.4. The van der Waals surface area contributed by atoms with Crippen molar-refractivity contribution in [3.8, 4) is 11.4 Å². The molecule has 0 atom stereocenters. The number of carbonyl (C=O) groups excluding carboxylic acids is 1. The standard InChI is InChI=1S/C19H16FN3O3/c1-2-26-17-6-4-3-5-15(17)21-19(25)18-16(24)11-12-23(22-18)14-9-7-13(20)8-10-14/h3-12H,2H2,1H3,(H,21,25). The fraction of sp³-hybridized carbons (Fsp3) is 0.105. The van der Waals surface area contributed by atoms with Crippen LogP contribution in [0.4, 0.5) is 10.1 Å². The summed E-state index contributed by atoms with van der Waals surface area (Å²) < 4.78 is 19.9. The first-order valence-electron chi connectivity index (χ1n) is 7.97. The number of hydrogen-bond donors (Lipinski definition) is 1. The molecule has 2 aromatic carbocycles. The summed E-state index contributed by atoms with van der Waals surface area (Å²) in [6.45, 7) is 2.27. The summed E-state index contributed by atoms with van der Waals surface area (Å²) in [4.78, 5) is 24.6. The van der Waals surface area contributed by atoms with Crippen molar-refractivity contribution in [2.24, 2.45) is 0 Å². The molecule has 0 saturated heterocycles. The molecule has 3 rings (SSSR count). The van der Waals surface area contributed by atoms with E-state index in [2.05, 4.69) is 10.4 Å². The lowest BCUT2D eigenvalue weighted by Gasteiger charge is -2.11. The third-order valence-electron chi connectivity index (χ3n) is 3.55. The third-order valence-corrected chi connectivity index (χ3v) is 3.55. The van der Waals surface area contributed by atoms with E-state index in [1.54, 1.807) is 24.3 Å². The van der Waals surface area contributed by atoms with Crippen molar-refractivity contribution in [1.82, 2.24) is 9.78 Å². The molecule has 0 spiro atoms. The lowest BCUT2D eigenvalue weighted by atomic mass is 10.2. The Balaban J connectivity index is 1.91. The molecule has 0 bridgehead atoms. The van der Waals surface area contributed by atoms with Crippen LogP contribution in [0.1, 0.15) is 17.4 Å². The Labute approximate surface area is 148 Å². The molecule has 0 saturated carbocycles. The van der Waals surface area contributed by atoms with Gasteiger partial charge in [-0.2, -0.15) is 5.10 Å². The smallest absolute Gasteiger partial charge is 0.280 e. The van der Waals surface area contributed by atoms with Gasteiger partial charge in [0.15, 0.2) is 5.69 Å². The van der Waals surface area contributed by atoms with Crippen LogP contribution in [0.25, 0.3) is 5.69 Å². The van der Waals surface area contributed by atoms with Crippen molar-refractivity contribution in [2.75, 3.05) is 11.9 Å². The molecule has 1 N–H and O–H groups in total. The lowest BCUT2D eigenvalue weighted by Crippen LogP contribution is -2.25. The maximum atomic E-state index is 13.1. The maximum absolute atomic E-state index is 13.1. The number of benzene rings is 2. The molecular weight excluding hydrogens is 337 g/mol. The van der Waals surface area contributed by atoms with Gasteiger partial charge in [-0.15, -0.1) is 0 Å². The van der Waals surface area contributed by atoms with Crippen molar-refractivity contribution in [1.29, 1.82) is 0 Å². The van der Waals surface area contributed by atoms with Crippen molar-refractivity contribution >= 4 is 11.6 Å². The van der Waals surface area contributed by atoms with E-state index in [4.69, 9.17) is 4.74 Å². The van der Waals surface area contributed by atoms with Crippen LogP contribution in [0.5, 0.6) is 5.75 Å². The summed E-state index contributed by atoms with van der Waals surface area (Å²) in [5.41, 5.74) is 0.172. The Bertz CT molecular complexity index is 984. The monoisotopic (exact) mass is 353 g/mol. The van der Waals surface area contributed by atoms with Gasteiger partial charge in [0.1, 0.15) is 11.6 Å². The predicted molar refractivity (Wildman–Crippen MR) is 95.4 cm³/mol. The Hall–Kier alpha value is -3.48. The summed E-state index contributed by atoms with van der Waals surface area (Å²) in [6, 6.07) is 13.7. The number of halogens is 1. The summed E-state index contributed by atoms with van der Waals surface area (Å²) in [7, 11) is 0. The number of anilines is 1. The van der Waals surface area contributed by atoms with Gasteiger partial charge < -0.3 is 10.1 Å². The van der Waals surface area contributed by atoms with E-state index >= 15 is 0 Å². The largest absolute Gasteiger partial charge is 0.492 e. The summed E-state index contributed by atoms with van der Waals surface area (Å²) >= 11 is 0. The minimum absolute atomic E-state index is 0.275. The van der Waals surface area contributed by atoms with E-state index in [-0.39, 0.29) is 11.5 Å². The van der Waals surface area contributed by atoms with Gasteiger partial charge in [-0.05, 0) is 43.3 Å². The number of rotatable bonds is 5. The lowest BCUT2D eigenvalue weighted by molar-refractivity contribution is 0.101. The summed E-state index contributed by atoms with van der Waals surface area (Å²) in [5, 5.41) is 6.71. The van der Waals surface area contributed by atoms with Gasteiger partial charge in [0.2, 0.25) is 5.43 Å². The molecule has 1 heterocycles. The quantitative estimate of drug-likeness (QED) is 0.765. The second-order valence-electron chi connectivity index (χ2n) is 5.33. The topological polar surface area (TPSA) is 73.2 Å². The van der Waals surface area contributed by atoms with Crippen molar-refractivity contribution in [2.45, 2.75) is 6.92 Å². The Kier molecular flexibility index (Phi) is 5.07. The van der Waals surface area contributed by atoms with E-state index in [1.165, 1.54) is 41.2 Å². The molecule has 3 aromatic rings. The summed E-state index contributed by atoms with van der Waals surface area (Å²) in [5.74, 6) is -0.544. The molecule has 0 unspecified atom stereocenters. The Morgan fingerprint density at radius 1 is 1.15 bits per heavy atom. The molecule has 26 heavy (non-hydrogen) atoms. The first-order chi connectivity index (χ1) is 12.6. The van der Waals surface area contributed by atoms with Gasteiger partial charge in [-0.25, -0.2) is 9.07 Å². The van der Waals surface area contributed by atoms with E-state index in [0.717, 1.165) is 0 Å². The average molecular weight is 353 g/mol. The van der Waals surface area contributed by atoms with Gasteiger partial charge in [0.05, 0.1) is 18.0 Å².